The van der Waals surface area contributed by atoms with E-state index >= 15 is 0 Å². The average molecular weight is 230 g/mol. The van der Waals surface area contributed by atoms with Crippen LogP contribution in [-0.4, -0.2) is 36.0 Å². The molecule has 0 bridgehead atoms. The summed E-state index contributed by atoms with van der Waals surface area (Å²) in [5.74, 6) is -0.346. The van der Waals surface area contributed by atoms with Crippen molar-refractivity contribution in [2.24, 2.45) is 0 Å². The minimum absolute atomic E-state index is 0.188. The maximum Gasteiger partial charge on any atom is 0.280 e. The third kappa shape index (κ3) is 8.31. The molecule has 1 N–H and O–H groups in total. The summed E-state index contributed by atoms with van der Waals surface area (Å²) in [6.45, 7) is 2.81. The second-order valence-corrected chi connectivity index (χ2v) is 4.76. The molecule has 0 aromatic heterocycles. The highest BCUT2D eigenvalue weighted by Gasteiger charge is 2.10. The van der Waals surface area contributed by atoms with E-state index in [0.29, 0.717) is 6.54 Å². The summed E-state index contributed by atoms with van der Waals surface area (Å²) in [7, 11) is -3.94. The van der Waals surface area contributed by atoms with Crippen molar-refractivity contribution in [3.8, 4) is 0 Å². The molecule has 6 nitrogen and oxygen atoms in total. The molecule has 0 heterocycles. The minimum atomic E-state index is -3.94. The molecule has 1 atom stereocenters. The monoisotopic (exact) mass is 230 g/mol. The third-order valence-corrected chi connectivity index (χ3v) is 3.09. The largest absolute Gasteiger partial charge is 0.749 e. The molecule has 0 rings (SSSR count). The standard InChI is InChI=1S/C5H13NO5S2/c1-2-3-6-4-5-13(9,10)11-12(7)8/h6H,2-5H2,1H3,(H,7,8)/p-1. The Morgan fingerprint density at radius 2 is 2.08 bits per heavy atom. The van der Waals surface area contributed by atoms with Crippen molar-refractivity contribution in [3.05, 3.63) is 0 Å². The topological polar surface area (TPSA) is 95.5 Å². The quantitative estimate of drug-likeness (QED) is 0.451. The first-order chi connectivity index (χ1) is 5.98. The van der Waals surface area contributed by atoms with Gasteiger partial charge < -0.3 is 9.87 Å². The van der Waals surface area contributed by atoms with Crippen LogP contribution in [0, 0.1) is 0 Å². The van der Waals surface area contributed by atoms with Gasteiger partial charge in [-0.15, -0.1) is 0 Å². The lowest BCUT2D eigenvalue weighted by Crippen LogP contribution is -2.25. The maximum absolute atomic E-state index is 10.7. The van der Waals surface area contributed by atoms with Crippen molar-refractivity contribution < 1.29 is 20.8 Å². The van der Waals surface area contributed by atoms with E-state index in [1.165, 1.54) is 0 Å². The molecule has 0 aliphatic heterocycles. The van der Waals surface area contributed by atoms with Gasteiger partial charge in [-0.25, -0.2) is 4.21 Å². The summed E-state index contributed by atoms with van der Waals surface area (Å²) in [6, 6.07) is 0. The van der Waals surface area contributed by atoms with E-state index in [9.17, 15) is 17.2 Å². The Balaban J connectivity index is 3.71. The van der Waals surface area contributed by atoms with Gasteiger partial charge in [0.1, 0.15) is 11.4 Å². The highest BCUT2D eigenvalue weighted by atomic mass is 32.3. The fraction of sp³-hybridized carbons (Fsp3) is 1.00. The van der Waals surface area contributed by atoms with Crippen molar-refractivity contribution in [1.29, 1.82) is 0 Å². The van der Waals surface area contributed by atoms with E-state index in [4.69, 9.17) is 0 Å². The predicted octanol–water partition coefficient (Wildman–Crippen LogP) is -0.873. The Morgan fingerprint density at radius 1 is 1.46 bits per heavy atom. The molecule has 0 radical (unpaired) electrons. The first kappa shape index (κ1) is 13.0. The molecule has 0 aliphatic rings. The molecule has 80 valence electrons. The van der Waals surface area contributed by atoms with Crippen LogP contribution in [0.25, 0.3) is 0 Å². The SMILES string of the molecule is CCCNCCS(=O)(=O)OS(=O)[O-]. The molecule has 0 aromatic carbocycles. The van der Waals surface area contributed by atoms with E-state index in [-0.39, 0.29) is 12.3 Å². The number of nitrogens with one attached hydrogen (secondary N) is 1. The summed E-state index contributed by atoms with van der Waals surface area (Å²) >= 11 is -3.01. The molecule has 1 unspecified atom stereocenters. The number of hydrogen-bond donors (Lipinski definition) is 1. The Morgan fingerprint density at radius 3 is 2.54 bits per heavy atom. The highest BCUT2D eigenvalue weighted by molar-refractivity contribution is 7.95. The Labute approximate surface area is 80.3 Å². The van der Waals surface area contributed by atoms with Crippen LogP contribution in [0.1, 0.15) is 13.3 Å². The van der Waals surface area contributed by atoms with E-state index in [1.807, 2.05) is 6.92 Å². The Bertz CT molecular complexity index is 250. The zero-order valence-electron chi connectivity index (χ0n) is 7.19. The zero-order chi connectivity index (χ0) is 10.3. The lowest BCUT2D eigenvalue weighted by molar-refractivity contribution is 0.429. The van der Waals surface area contributed by atoms with Crippen LogP contribution in [0.2, 0.25) is 0 Å². The van der Waals surface area contributed by atoms with Crippen molar-refractivity contribution in [2.45, 2.75) is 13.3 Å². The zero-order valence-corrected chi connectivity index (χ0v) is 8.82. The van der Waals surface area contributed by atoms with E-state index < -0.39 is 21.5 Å². The maximum atomic E-state index is 10.7. The van der Waals surface area contributed by atoms with E-state index in [2.05, 4.69) is 8.95 Å². The van der Waals surface area contributed by atoms with Crippen molar-refractivity contribution >= 4 is 21.5 Å². The molecule has 8 heteroatoms. The molecule has 0 fully saturated rings. The molecule has 0 saturated carbocycles. The lowest BCUT2D eigenvalue weighted by atomic mass is 10.5. The summed E-state index contributed by atoms with van der Waals surface area (Å²) in [6.07, 6.45) is 0.883. The van der Waals surface area contributed by atoms with Crippen LogP contribution in [0.4, 0.5) is 0 Å². The molecule has 0 aliphatic carbocycles. The van der Waals surface area contributed by atoms with Crippen molar-refractivity contribution in [3.63, 3.8) is 0 Å². The first-order valence-electron chi connectivity index (χ1n) is 3.70. The fourth-order valence-corrected chi connectivity index (χ4v) is 1.96. The summed E-state index contributed by atoms with van der Waals surface area (Å²) in [5.41, 5.74) is 0. The van der Waals surface area contributed by atoms with Gasteiger partial charge >= 0.3 is 0 Å². The second-order valence-electron chi connectivity index (χ2n) is 2.28. The van der Waals surface area contributed by atoms with Gasteiger partial charge in [-0.3, -0.25) is 0 Å². The summed E-state index contributed by atoms with van der Waals surface area (Å²) < 4.78 is 44.9. The average Bonchev–Trinajstić information content (AvgIpc) is 1.95. The van der Waals surface area contributed by atoms with Gasteiger partial charge in [0.2, 0.25) is 0 Å². The van der Waals surface area contributed by atoms with E-state index in [0.717, 1.165) is 6.42 Å². The molecular weight excluding hydrogens is 218 g/mol. The summed E-state index contributed by atoms with van der Waals surface area (Å²) in [5, 5.41) is 2.80. The second kappa shape index (κ2) is 6.44. The normalized spacial score (nSPS) is 14.3. The van der Waals surface area contributed by atoms with Gasteiger partial charge in [0.25, 0.3) is 10.1 Å². The fourth-order valence-electron chi connectivity index (χ4n) is 0.618. The summed E-state index contributed by atoms with van der Waals surface area (Å²) in [4.78, 5) is 0. The Hall–Kier alpha value is -0.0200. The van der Waals surface area contributed by atoms with Gasteiger partial charge in [-0.05, 0) is 13.0 Å². The predicted molar refractivity (Wildman–Crippen MR) is 47.0 cm³/mol. The molecule has 0 aromatic rings. The molecule has 0 saturated heterocycles. The highest BCUT2D eigenvalue weighted by Crippen LogP contribution is 1.94. The molecular formula is C5H12NO5S2-. The molecule has 0 spiro atoms. The van der Waals surface area contributed by atoms with Crippen molar-refractivity contribution in [2.75, 3.05) is 18.8 Å². The molecule has 13 heavy (non-hydrogen) atoms. The smallest absolute Gasteiger partial charge is 0.280 e. The number of rotatable bonds is 7. The lowest BCUT2D eigenvalue weighted by Gasteiger charge is -2.06. The van der Waals surface area contributed by atoms with Gasteiger partial charge in [0, 0.05) is 6.54 Å². The molecule has 0 amide bonds. The van der Waals surface area contributed by atoms with Gasteiger partial charge in [-0.2, -0.15) is 12.0 Å². The van der Waals surface area contributed by atoms with E-state index in [1.54, 1.807) is 0 Å². The minimum Gasteiger partial charge on any atom is -0.749 e. The number of hydrogen-bond acceptors (Lipinski definition) is 6. The van der Waals surface area contributed by atoms with Gasteiger partial charge in [-0.1, -0.05) is 6.92 Å². The van der Waals surface area contributed by atoms with Crippen LogP contribution >= 0.6 is 0 Å². The van der Waals surface area contributed by atoms with Crippen LogP contribution in [0.3, 0.4) is 0 Å². The Kier molecular flexibility index (Phi) is 6.43. The van der Waals surface area contributed by atoms with Gasteiger partial charge in [0.05, 0.1) is 5.75 Å². The van der Waals surface area contributed by atoms with Crippen LogP contribution < -0.4 is 5.32 Å². The third-order valence-electron chi connectivity index (χ3n) is 1.11. The van der Waals surface area contributed by atoms with Gasteiger partial charge in [0.15, 0.2) is 0 Å². The van der Waals surface area contributed by atoms with Crippen LogP contribution in [-0.2, 0) is 25.1 Å². The van der Waals surface area contributed by atoms with Crippen molar-refractivity contribution in [1.82, 2.24) is 5.32 Å². The van der Waals surface area contributed by atoms with Crippen LogP contribution in [0.15, 0.2) is 0 Å². The van der Waals surface area contributed by atoms with Crippen LogP contribution in [0.5, 0.6) is 0 Å². The first-order valence-corrected chi connectivity index (χ1v) is 6.28.